The first-order valence-electron chi connectivity index (χ1n) is 10.3. The molecule has 0 saturated carbocycles. The van der Waals surface area contributed by atoms with E-state index in [1.54, 1.807) is 30.2 Å². The summed E-state index contributed by atoms with van der Waals surface area (Å²) in [4.78, 5) is 31.0. The molecule has 0 spiro atoms. The standard InChI is InChI=1S/C21H32N6O2/c1-21(2,3)17-8-9-18(28)27(24-17)14-13-26-11-6-5-7-16(26)15-23-19-20(29)25(4)12-10-22-19/h8-10,12,16H,5-7,11,13-15H2,1-4H3,(H,22,23). The minimum Gasteiger partial charge on any atom is -0.364 e. The first kappa shape index (κ1) is 21.2. The van der Waals surface area contributed by atoms with Crippen molar-refractivity contribution in [3.63, 3.8) is 0 Å². The van der Waals surface area contributed by atoms with E-state index in [4.69, 9.17) is 0 Å². The van der Waals surface area contributed by atoms with Gasteiger partial charge in [-0.15, -0.1) is 0 Å². The average molecular weight is 401 g/mol. The van der Waals surface area contributed by atoms with Crippen molar-refractivity contribution in [2.45, 2.75) is 58.0 Å². The summed E-state index contributed by atoms with van der Waals surface area (Å²) < 4.78 is 3.10. The third kappa shape index (κ3) is 5.32. The Labute approximate surface area is 171 Å². The largest absolute Gasteiger partial charge is 0.364 e. The molecule has 1 aliphatic rings. The Morgan fingerprint density at radius 1 is 1.17 bits per heavy atom. The van der Waals surface area contributed by atoms with Gasteiger partial charge in [0.2, 0.25) is 0 Å². The van der Waals surface area contributed by atoms with E-state index in [9.17, 15) is 9.59 Å². The van der Waals surface area contributed by atoms with Crippen LogP contribution in [0.3, 0.4) is 0 Å². The third-order valence-electron chi connectivity index (χ3n) is 5.51. The van der Waals surface area contributed by atoms with Gasteiger partial charge in [-0.2, -0.15) is 5.10 Å². The molecule has 3 rings (SSSR count). The van der Waals surface area contributed by atoms with E-state index in [1.165, 1.54) is 11.0 Å². The molecule has 0 amide bonds. The molecule has 1 N–H and O–H groups in total. The highest BCUT2D eigenvalue weighted by atomic mass is 16.1. The summed E-state index contributed by atoms with van der Waals surface area (Å²) in [7, 11) is 1.72. The zero-order chi connectivity index (χ0) is 21.0. The fourth-order valence-corrected chi connectivity index (χ4v) is 3.65. The van der Waals surface area contributed by atoms with Crippen LogP contribution >= 0.6 is 0 Å². The van der Waals surface area contributed by atoms with Crippen LogP contribution in [0.4, 0.5) is 5.82 Å². The lowest BCUT2D eigenvalue weighted by Crippen LogP contribution is -2.46. The zero-order valence-corrected chi connectivity index (χ0v) is 17.9. The summed E-state index contributed by atoms with van der Waals surface area (Å²) in [6, 6.07) is 3.73. The van der Waals surface area contributed by atoms with Crippen molar-refractivity contribution in [3.05, 3.63) is 50.9 Å². The minimum absolute atomic E-state index is 0.0679. The molecule has 1 atom stereocenters. The second kappa shape index (κ2) is 8.90. The SMILES string of the molecule is Cn1ccnc(NCC2CCCCN2CCn2nc(C(C)(C)C)ccc2=O)c1=O. The van der Waals surface area contributed by atoms with Crippen LogP contribution in [0.25, 0.3) is 0 Å². The Morgan fingerprint density at radius 3 is 2.72 bits per heavy atom. The van der Waals surface area contributed by atoms with Crippen LogP contribution in [0, 0.1) is 0 Å². The number of anilines is 1. The number of piperidine rings is 1. The molecule has 2 aromatic rings. The maximum atomic E-state index is 12.3. The van der Waals surface area contributed by atoms with E-state index in [2.05, 4.69) is 41.1 Å². The average Bonchev–Trinajstić information content (AvgIpc) is 2.68. The molecule has 0 aliphatic carbocycles. The van der Waals surface area contributed by atoms with Gasteiger partial charge in [-0.3, -0.25) is 14.5 Å². The van der Waals surface area contributed by atoms with Gasteiger partial charge in [-0.25, -0.2) is 9.67 Å². The van der Waals surface area contributed by atoms with Gasteiger partial charge in [0.15, 0.2) is 5.82 Å². The van der Waals surface area contributed by atoms with Crippen LogP contribution in [0.5, 0.6) is 0 Å². The molecule has 0 aromatic carbocycles. The molecule has 8 heteroatoms. The third-order valence-corrected chi connectivity index (χ3v) is 5.51. The van der Waals surface area contributed by atoms with E-state index in [1.807, 2.05) is 6.07 Å². The summed E-state index contributed by atoms with van der Waals surface area (Å²) in [6.45, 7) is 9.25. The molecular formula is C21H32N6O2. The lowest BCUT2D eigenvalue weighted by Gasteiger charge is -2.35. The van der Waals surface area contributed by atoms with Gasteiger partial charge in [-0.1, -0.05) is 27.2 Å². The Balaban J connectivity index is 1.65. The summed E-state index contributed by atoms with van der Waals surface area (Å²) in [6.07, 6.45) is 6.65. The Kier molecular flexibility index (Phi) is 6.52. The Bertz CT molecular complexity index is 943. The smallest absolute Gasteiger partial charge is 0.293 e. The molecule has 8 nitrogen and oxygen atoms in total. The van der Waals surface area contributed by atoms with Gasteiger partial charge >= 0.3 is 0 Å². The molecule has 1 aliphatic heterocycles. The number of aromatic nitrogens is 4. The molecular weight excluding hydrogens is 368 g/mol. The molecule has 3 heterocycles. The van der Waals surface area contributed by atoms with Crippen LogP contribution in [0.1, 0.15) is 45.7 Å². The number of rotatable bonds is 6. The maximum absolute atomic E-state index is 12.3. The van der Waals surface area contributed by atoms with Crippen molar-refractivity contribution >= 4 is 5.82 Å². The Hall–Kier alpha value is -2.48. The molecule has 1 fully saturated rings. The lowest BCUT2D eigenvalue weighted by molar-refractivity contribution is 0.147. The molecule has 1 saturated heterocycles. The van der Waals surface area contributed by atoms with Gasteiger partial charge in [-0.05, 0) is 25.5 Å². The number of hydrogen-bond donors (Lipinski definition) is 1. The van der Waals surface area contributed by atoms with Crippen LogP contribution in [-0.4, -0.2) is 49.9 Å². The summed E-state index contributed by atoms with van der Waals surface area (Å²) in [5.74, 6) is 0.385. The first-order valence-corrected chi connectivity index (χ1v) is 10.3. The molecule has 158 valence electrons. The van der Waals surface area contributed by atoms with Crippen LogP contribution in [0.2, 0.25) is 0 Å². The topological polar surface area (TPSA) is 85.1 Å². The van der Waals surface area contributed by atoms with E-state index in [0.29, 0.717) is 24.9 Å². The van der Waals surface area contributed by atoms with Crippen LogP contribution in [-0.2, 0) is 19.0 Å². The fourth-order valence-electron chi connectivity index (χ4n) is 3.65. The van der Waals surface area contributed by atoms with E-state index < -0.39 is 0 Å². The van der Waals surface area contributed by atoms with Gasteiger partial charge in [0.1, 0.15) is 0 Å². The summed E-state index contributed by atoms with van der Waals surface area (Å²) in [5, 5.41) is 7.80. The van der Waals surface area contributed by atoms with Gasteiger partial charge in [0.25, 0.3) is 11.1 Å². The molecule has 2 aromatic heterocycles. The van der Waals surface area contributed by atoms with Crippen LogP contribution in [0.15, 0.2) is 34.1 Å². The summed E-state index contributed by atoms with van der Waals surface area (Å²) in [5.41, 5.74) is 0.633. The number of likely N-dealkylation sites (tertiary alicyclic amines) is 1. The highest BCUT2D eigenvalue weighted by Gasteiger charge is 2.23. The molecule has 0 radical (unpaired) electrons. The van der Waals surface area contributed by atoms with Crippen molar-refractivity contribution < 1.29 is 0 Å². The predicted molar refractivity (Wildman–Crippen MR) is 114 cm³/mol. The van der Waals surface area contributed by atoms with Crippen molar-refractivity contribution in [1.29, 1.82) is 0 Å². The predicted octanol–water partition coefficient (Wildman–Crippen LogP) is 1.60. The highest BCUT2D eigenvalue weighted by molar-refractivity contribution is 5.30. The number of nitrogens with one attached hydrogen (secondary N) is 1. The van der Waals surface area contributed by atoms with Gasteiger partial charge < -0.3 is 9.88 Å². The second-order valence-corrected chi connectivity index (χ2v) is 8.79. The van der Waals surface area contributed by atoms with Gasteiger partial charge in [0, 0.05) is 50.1 Å². The fraction of sp³-hybridized carbons (Fsp3) is 0.619. The Morgan fingerprint density at radius 2 is 1.97 bits per heavy atom. The molecule has 29 heavy (non-hydrogen) atoms. The number of hydrogen-bond acceptors (Lipinski definition) is 6. The lowest BCUT2D eigenvalue weighted by atomic mass is 9.92. The van der Waals surface area contributed by atoms with E-state index in [0.717, 1.165) is 31.6 Å². The monoisotopic (exact) mass is 400 g/mol. The van der Waals surface area contributed by atoms with Crippen molar-refractivity contribution in [2.24, 2.45) is 7.05 Å². The van der Waals surface area contributed by atoms with Crippen LogP contribution < -0.4 is 16.4 Å². The maximum Gasteiger partial charge on any atom is 0.293 e. The number of nitrogens with zero attached hydrogens (tertiary/aromatic N) is 5. The highest BCUT2D eigenvalue weighted by Crippen LogP contribution is 2.19. The van der Waals surface area contributed by atoms with Crippen molar-refractivity contribution in [1.82, 2.24) is 24.2 Å². The summed E-state index contributed by atoms with van der Waals surface area (Å²) >= 11 is 0. The molecule has 1 unspecified atom stereocenters. The number of aryl methyl sites for hydroxylation is 1. The van der Waals surface area contributed by atoms with Gasteiger partial charge in [0.05, 0.1) is 12.2 Å². The van der Waals surface area contributed by atoms with Crippen molar-refractivity contribution in [2.75, 3.05) is 25.0 Å². The van der Waals surface area contributed by atoms with E-state index in [-0.39, 0.29) is 16.5 Å². The van der Waals surface area contributed by atoms with E-state index >= 15 is 0 Å². The quantitative estimate of drug-likeness (QED) is 0.793. The zero-order valence-electron chi connectivity index (χ0n) is 17.9. The second-order valence-electron chi connectivity index (χ2n) is 8.79. The normalized spacial score (nSPS) is 18.0. The minimum atomic E-state index is -0.121. The molecule has 0 bridgehead atoms. The first-order chi connectivity index (χ1) is 13.8. The van der Waals surface area contributed by atoms with Crippen molar-refractivity contribution in [3.8, 4) is 0 Å².